The minimum Gasteiger partial charge on any atom is -0.493 e. The number of amides is 1. The van der Waals surface area contributed by atoms with Crippen LogP contribution in [-0.2, 0) is 9.53 Å². The molecule has 1 amide bonds. The Morgan fingerprint density at radius 3 is 2.50 bits per heavy atom. The second-order valence-electron chi connectivity index (χ2n) is 7.37. The van der Waals surface area contributed by atoms with Gasteiger partial charge in [0.1, 0.15) is 6.61 Å². The lowest BCUT2D eigenvalue weighted by molar-refractivity contribution is -0.114. The number of carbonyl (C=O) groups is 2. The Morgan fingerprint density at radius 2 is 1.88 bits per heavy atom. The summed E-state index contributed by atoms with van der Waals surface area (Å²) in [5.41, 5.74) is 2.81. The van der Waals surface area contributed by atoms with Gasteiger partial charge in [0.15, 0.2) is 11.5 Å². The Morgan fingerprint density at radius 1 is 1.16 bits per heavy atom. The number of rotatable bonds is 8. The van der Waals surface area contributed by atoms with Gasteiger partial charge < -0.3 is 14.2 Å². The van der Waals surface area contributed by atoms with Crippen molar-refractivity contribution in [2.24, 2.45) is 5.10 Å². The number of carbonyl (C=O) groups excluding carboxylic acids is 2. The Hall–Kier alpha value is -3.87. The highest BCUT2D eigenvalue weighted by atomic mass is 16.5. The van der Waals surface area contributed by atoms with Gasteiger partial charge in [0.05, 0.1) is 35.7 Å². The van der Waals surface area contributed by atoms with Gasteiger partial charge in [-0.25, -0.2) is 4.79 Å². The lowest BCUT2D eigenvalue weighted by Gasteiger charge is -2.13. The molecule has 0 fully saturated rings. The van der Waals surface area contributed by atoms with Crippen LogP contribution in [0.3, 0.4) is 0 Å². The largest absolute Gasteiger partial charge is 0.493 e. The van der Waals surface area contributed by atoms with Crippen LogP contribution in [0, 0.1) is 0 Å². The quantitative estimate of drug-likeness (QED) is 0.344. The fourth-order valence-corrected chi connectivity index (χ4v) is 3.09. The van der Waals surface area contributed by atoms with Crippen LogP contribution in [0.25, 0.3) is 6.08 Å². The second-order valence-corrected chi connectivity index (χ2v) is 7.37. The van der Waals surface area contributed by atoms with E-state index in [9.17, 15) is 9.59 Å². The van der Waals surface area contributed by atoms with E-state index in [1.807, 2.05) is 6.07 Å². The first-order chi connectivity index (χ1) is 15.3. The maximum atomic E-state index is 13.0. The zero-order chi connectivity index (χ0) is 23.3. The van der Waals surface area contributed by atoms with Crippen molar-refractivity contribution in [3.63, 3.8) is 0 Å². The first kappa shape index (κ1) is 22.8. The van der Waals surface area contributed by atoms with Crippen molar-refractivity contribution in [2.75, 3.05) is 18.7 Å². The van der Waals surface area contributed by atoms with Gasteiger partial charge in [0.2, 0.25) is 0 Å². The fourth-order valence-electron chi connectivity index (χ4n) is 3.09. The van der Waals surface area contributed by atoms with E-state index in [4.69, 9.17) is 14.2 Å². The van der Waals surface area contributed by atoms with Gasteiger partial charge in [-0.3, -0.25) is 4.79 Å². The molecule has 0 saturated carbocycles. The van der Waals surface area contributed by atoms with Crippen molar-refractivity contribution >= 4 is 29.4 Å². The summed E-state index contributed by atoms with van der Waals surface area (Å²) in [6.07, 6.45) is 3.21. The SMILES string of the molecule is C=CCOc1ccc(C=C2C(=O)N(c3ccc(C(=O)OC(C)C)cc3)N=C2C)cc1OC. The normalized spacial score (nSPS) is 14.5. The molecule has 1 aliphatic heterocycles. The Kier molecular flexibility index (Phi) is 7.10. The third-order valence-electron chi connectivity index (χ3n) is 4.61. The van der Waals surface area contributed by atoms with Gasteiger partial charge in [0, 0.05) is 0 Å². The molecule has 0 atom stereocenters. The molecule has 0 N–H and O–H groups in total. The third-order valence-corrected chi connectivity index (χ3v) is 4.61. The zero-order valence-corrected chi connectivity index (χ0v) is 18.6. The summed E-state index contributed by atoms with van der Waals surface area (Å²) in [6, 6.07) is 12.0. The van der Waals surface area contributed by atoms with Crippen LogP contribution in [0.15, 0.2) is 65.8 Å². The lowest BCUT2D eigenvalue weighted by Crippen LogP contribution is -2.21. The van der Waals surface area contributed by atoms with Crippen molar-refractivity contribution < 1.29 is 23.8 Å². The molecule has 32 heavy (non-hydrogen) atoms. The van der Waals surface area contributed by atoms with Crippen LogP contribution < -0.4 is 14.5 Å². The minimum atomic E-state index is -0.408. The average molecular weight is 434 g/mol. The highest BCUT2D eigenvalue weighted by Gasteiger charge is 2.29. The molecule has 166 valence electrons. The van der Waals surface area contributed by atoms with E-state index in [-0.39, 0.29) is 12.0 Å². The predicted octanol–water partition coefficient (Wildman–Crippen LogP) is 4.63. The van der Waals surface area contributed by atoms with E-state index in [0.717, 1.165) is 5.56 Å². The number of esters is 1. The summed E-state index contributed by atoms with van der Waals surface area (Å²) >= 11 is 0. The van der Waals surface area contributed by atoms with Gasteiger partial charge in [-0.1, -0.05) is 18.7 Å². The summed E-state index contributed by atoms with van der Waals surface area (Å²) in [6.45, 7) is 9.36. The molecule has 0 aromatic heterocycles. The third kappa shape index (κ3) is 5.06. The van der Waals surface area contributed by atoms with E-state index >= 15 is 0 Å². The number of ether oxygens (including phenoxy) is 3. The first-order valence-corrected chi connectivity index (χ1v) is 10.2. The van der Waals surface area contributed by atoms with E-state index < -0.39 is 5.97 Å². The molecule has 2 aromatic rings. The number of methoxy groups -OCH3 is 1. The van der Waals surface area contributed by atoms with Gasteiger partial charge in [0.25, 0.3) is 5.91 Å². The Bertz CT molecular complexity index is 1080. The Balaban J connectivity index is 1.81. The lowest BCUT2D eigenvalue weighted by atomic mass is 10.1. The molecule has 0 aliphatic carbocycles. The van der Waals surface area contributed by atoms with Gasteiger partial charge in [-0.15, -0.1) is 0 Å². The smallest absolute Gasteiger partial charge is 0.338 e. The molecule has 0 saturated heterocycles. The van der Waals surface area contributed by atoms with Crippen molar-refractivity contribution in [3.8, 4) is 11.5 Å². The number of benzene rings is 2. The predicted molar refractivity (Wildman–Crippen MR) is 124 cm³/mol. The van der Waals surface area contributed by atoms with E-state index in [0.29, 0.717) is 40.6 Å². The van der Waals surface area contributed by atoms with Crippen LogP contribution in [-0.4, -0.2) is 37.4 Å². The minimum absolute atomic E-state index is 0.205. The van der Waals surface area contributed by atoms with Crippen LogP contribution in [0.1, 0.15) is 36.7 Å². The van der Waals surface area contributed by atoms with Crippen molar-refractivity contribution in [3.05, 3.63) is 71.8 Å². The molecule has 7 heteroatoms. The fraction of sp³-hybridized carbons (Fsp3) is 0.240. The molecular weight excluding hydrogens is 408 g/mol. The first-order valence-electron chi connectivity index (χ1n) is 10.2. The molecule has 0 bridgehead atoms. The summed E-state index contributed by atoms with van der Waals surface area (Å²) < 4.78 is 16.2. The number of nitrogens with zero attached hydrogens (tertiary/aromatic N) is 2. The van der Waals surface area contributed by atoms with Crippen LogP contribution >= 0.6 is 0 Å². The molecule has 0 spiro atoms. The van der Waals surface area contributed by atoms with Crippen LogP contribution in [0.2, 0.25) is 0 Å². The standard InChI is InChI=1S/C25H26N2O5/c1-6-13-31-22-12-7-18(15-23(22)30-5)14-21-17(4)26-27(24(21)28)20-10-8-19(9-11-20)25(29)32-16(2)3/h6-12,14-16H,1,13H2,2-5H3. The van der Waals surface area contributed by atoms with E-state index in [1.165, 1.54) is 5.01 Å². The molecule has 1 aliphatic rings. The highest BCUT2D eigenvalue weighted by Crippen LogP contribution is 2.30. The Labute approximate surface area is 187 Å². The van der Waals surface area contributed by atoms with Gasteiger partial charge in [-0.05, 0) is 68.8 Å². The highest BCUT2D eigenvalue weighted by molar-refractivity contribution is 6.32. The maximum absolute atomic E-state index is 13.0. The van der Waals surface area contributed by atoms with Crippen LogP contribution in [0.4, 0.5) is 5.69 Å². The monoisotopic (exact) mass is 434 g/mol. The molecule has 0 radical (unpaired) electrons. The molecule has 7 nitrogen and oxygen atoms in total. The maximum Gasteiger partial charge on any atom is 0.338 e. The summed E-state index contributed by atoms with van der Waals surface area (Å²) in [4.78, 5) is 25.1. The van der Waals surface area contributed by atoms with Crippen molar-refractivity contribution in [2.45, 2.75) is 26.9 Å². The molecule has 3 rings (SSSR count). The average Bonchev–Trinajstić information content (AvgIpc) is 3.06. The number of hydrogen-bond donors (Lipinski definition) is 0. The summed E-state index contributed by atoms with van der Waals surface area (Å²) in [7, 11) is 1.56. The van der Waals surface area contributed by atoms with Crippen molar-refractivity contribution in [1.82, 2.24) is 0 Å². The topological polar surface area (TPSA) is 77.4 Å². The van der Waals surface area contributed by atoms with E-state index in [2.05, 4.69) is 11.7 Å². The van der Waals surface area contributed by atoms with E-state index in [1.54, 1.807) is 76.4 Å². The van der Waals surface area contributed by atoms with Crippen molar-refractivity contribution in [1.29, 1.82) is 0 Å². The zero-order valence-electron chi connectivity index (χ0n) is 18.6. The van der Waals surface area contributed by atoms with Gasteiger partial charge in [-0.2, -0.15) is 10.1 Å². The second kappa shape index (κ2) is 9.96. The van der Waals surface area contributed by atoms with Crippen LogP contribution in [0.5, 0.6) is 11.5 Å². The molecule has 2 aromatic carbocycles. The molecule has 0 unspecified atom stereocenters. The molecule has 1 heterocycles. The number of hydrazone groups is 1. The van der Waals surface area contributed by atoms with Gasteiger partial charge >= 0.3 is 5.97 Å². The number of anilines is 1. The molecular formula is C25H26N2O5. The summed E-state index contributed by atoms with van der Waals surface area (Å²) in [5, 5.41) is 5.71. The summed E-state index contributed by atoms with van der Waals surface area (Å²) in [5.74, 6) is 0.484. The number of hydrogen-bond acceptors (Lipinski definition) is 6.